The number of benzene rings is 1. The highest BCUT2D eigenvalue weighted by atomic mass is 32.2. The fourth-order valence-electron chi connectivity index (χ4n) is 4.19. The van der Waals surface area contributed by atoms with Gasteiger partial charge in [0.05, 0.1) is 34.7 Å². The Kier molecular flexibility index (Phi) is 7.84. The molecule has 0 atom stereocenters. The fraction of sp³-hybridized carbons (Fsp3) is 0.600. The summed E-state index contributed by atoms with van der Waals surface area (Å²) in [6.07, 6.45) is 0.0704. The van der Waals surface area contributed by atoms with Crippen molar-refractivity contribution in [2.24, 2.45) is 10.8 Å². The molecule has 1 aromatic rings. The number of rotatable bonds is 7. The number of carbonyl (C=O) groups excluding carboxylic acids is 1. The number of hydrogen-bond donors (Lipinski definition) is 1. The van der Waals surface area contributed by atoms with Crippen LogP contribution in [-0.2, 0) is 28.9 Å². The summed E-state index contributed by atoms with van der Waals surface area (Å²) in [5.41, 5.74) is -2.36. The van der Waals surface area contributed by atoms with Gasteiger partial charge in [-0.05, 0) is 64.8 Å². The Balaban J connectivity index is 1.68. The molecule has 0 aliphatic carbocycles. The molecule has 0 unspecified atom stereocenters. The lowest BCUT2D eigenvalue weighted by atomic mass is 9.79. The van der Waals surface area contributed by atoms with Crippen molar-refractivity contribution < 1.29 is 37.3 Å². The van der Waals surface area contributed by atoms with E-state index in [2.05, 4.69) is 11.8 Å². The molecule has 0 radical (unpaired) electrons. The van der Waals surface area contributed by atoms with Crippen LogP contribution in [0.15, 0.2) is 29.2 Å². The number of hydrogen-bond acceptors (Lipinski definition) is 7. The molecule has 0 bridgehead atoms. The zero-order valence-electron chi connectivity index (χ0n) is 20.6. The highest BCUT2D eigenvalue weighted by Crippen LogP contribution is 2.38. The first-order valence-electron chi connectivity index (χ1n) is 11.5. The van der Waals surface area contributed by atoms with Crippen LogP contribution in [0.3, 0.4) is 0 Å². The van der Waals surface area contributed by atoms with Gasteiger partial charge in [0, 0.05) is 13.1 Å². The van der Waals surface area contributed by atoms with Gasteiger partial charge in [0.25, 0.3) is 0 Å². The van der Waals surface area contributed by atoms with Gasteiger partial charge in [0.2, 0.25) is 5.91 Å². The molecule has 2 fully saturated rings. The number of carboxylic acids is 1. The third-order valence-electron chi connectivity index (χ3n) is 6.59. The van der Waals surface area contributed by atoms with Gasteiger partial charge in [-0.25, -0.2) is 8.42 Å². The summed E-state index contributed by atoms with van der Waals surface area (Å²) >= 11 is 0. The lowest BCUT2D eigenvalue weighted by molar-refractivity contribution is -0.279. The number of carboxylic acid groups (broad SMARTS) is 1. The molecule has 9 nitrogen and oxygen atoms in total. The molecule has 35 heavy (non-hydrogen) atoms. The summed E-state index contributed by atoms with van der Waals surface area (Å²) in [7, 11) is -3.90. The number of amides is 1. The highest BCUT2D eigenvalue weighted by molar-refractivity contribution is 7.91. The topological polar surface area (TPSA) is 119 Å². The second-order valence-electron chi connectivity index (χ2n) is 9.86. The van der Waals surface area contributed by atoms with Gasteiger partial charge >= 0.3 is 5.97 Å². The molecule has 192 valence electrons. The zero-order valence-corrected chi connectivity index (χ0v) is 21.4. The van der Waals surface area contributed by atoms with E-state index in [0.29, 0.717) is 5.75 Å². The lowest BCUT2D eigenvalue weighted by Crippen LogP contribution is -2.57. The fourth-order valence-corrected chi connectivity index (χ4v) is 6.05. The number of aliphatic carboxylic acids is 1. The molecule has 2 aliphatic heterocycles. The highest BCUT2D eigenvalue weighted by Gasteiger charge is 2.49. The Morgan fingerprint density at radius 1 is 1.09 bits per heavy atom. The van der Waals surface area contributed by atoms with E-state index in [-0.39, 0.29) is 56.6 Å². The van der Waals surface area contributed by atoms with Crippen LogP contribution in [0.4, 0.5) is 0 Å². The van der Waals surface area contributed by atoms with Crippen LogP contribution in [0.25, 0.3) is 0 Å². The summed E-state index contributed by atoms with van der Waals surface area (Å²) in [5.74, 6) is 3.26. The zero-order chi connectivity index (χ0) is 25.9. The SMILES string of the molecule is CC#CCOc1ccc(S(=O)(=O)CC2(C(=O)O)CCN(C(=O)C3(C)COC(C)(C)OC3)CC2)cc1. The van der Waals surface area contributed by atoms with Crippen molar-refractivity contribution in [2.45, 2.75) is 51.2 Å². The van der Waals surface area contributed by atoms with Crippen molar-refractivity contribution in [3.8, 4) is 17.6 Å². The van der Waals surface area contributed by atoms with Crippen molar-refractivity contribution in [1.29, 1.82) is 0 Å². The van der Waals surface area contributed by atoms with Crippen LogP contribution in [0.5, 0.6) is 5.75 Å². The average molecular weight is 508 g/mol. The molecular formula is C25H33NO8S. The van der Waals surface area contributed by atoms with E-state index in [9.17, 15) is 23.1 Å². The van der Waals surface area contributed by atoms with Crippen LogP contribution in [-0.4, -0.2) is 74.8 Å². The number of likely N-dealkylation sites (tertiary alicyclic amines) is 1. The molecule has 2 aliphatic rings. The third-order valence-corrected chi connectivity index (χ3v) is 8.51. The van der Waals surface area contributed by atoms with Gasteiger partial charge in [-0.2, -0.15) is 0 Å². The number of ether oxygens (including phenoxy) is 3. The Morgan fingerprint density at radius 3 is 2.17 bits per heavy atom. The molecule has 0 spiro atoms. The van der Waals surface area contributed by atoms with E-state index in [1.54, 1.807) is 32.6 Å². The van der Waals surface area contributed by atoms with Crippen LogP contribution in [0.2, 0.25) is 0 Å². The summed E-state index contributed by atoms with van der Waals surface area (Å²) in [6, 6.07) is 5.86. The standard InChI is InChI=1S/C25H33NO8S/c1-5-6-15-32-19-7-9-20(10-8-19)35(30,31)18-25(22(28)29)11-13-26(14-12-25)21(27)24(4)16-33-23(2,3)34-17-24/h7-10H,11-18H2,1-4H3,(H,28,29). The predicted octanol–water partition coefficient (Wildman–Crippen LogP) is 2.35. The van der Waals surface area contributed by atoms with E-state index >= 15 is 0 Å². The Hall–Kier alpha value is -2.61. The number of nitrogens with zero attached hydrogens (tertiary/aromatic N) is 1. The molecule has 1 N–H and O–H groups in total. The van der Waals surface area contributed by atoms with Gasteiger partial charge in [-0.1, -0.05) is 5.92 Å². The Bertz CT molecular complexity index is 1100. The van der Waals surface area contributed by atoms with Gasteiger partial charge < -0.3 is 24.2 Å². The maximum Gasteiger partial charge on any atom is 0.310 e. The Morgan fingerprint density at radius 2 is 1.66 bits per heavy atom. The van der Waals surface area contributed by atoms with Gasteiger partial charge in [-0.3, -0.25) is 9.59 Å². The minimum absolute atomic E-state index is 0.0252. The van der Waals surface area contributed by atoms with Crippen LogP contribution in [0.1, 0.15) is 40.5 Å². The van der Waals surface area contributed by atoms with E-state index in [1.807, 2.05) is 0 Å². The molecule has 10 heteroatoms. The predicted molar refractivity (Wildman–Crippen MR) is 127 cm³/mol. The summed E-state index contributed by atoms with van der Waals surface area (Å²) < 4.78 is 43.0. The molecule has 2 saturated heterocycles. The van der Waals surface area contributed by atoms with E-state index in [4.69, 9.17) is 14.2 Å². The minimum Gasteiger partial charge on any atom is -0.481 e. The first-order valence-corrected chi connectivity index (χ1v) is 13.1. The van der Waals surface area contributed by atoms with Gasteiger partial charge in [0.15, 0.2) is 15.6 Å². The molecule has 0 saturated carbocycles. The third kappa shape index (κ3) is 6.15. The monoisotopic (exact) mass is 507 g/mol. The van der Waals surface area contributed by atoms with Crippen molar-refractivity contribution in [3.63, 3.8) is 0 Å². The largest absolute Gasteiger partial charge is 0.481 e. The molecular weight excluding hydrogens is 474 g/mol. The second-order valence-corrected chi connectivity index (χ2v) is 11.9. The minimum atomic E-state index is -3.90. The summed E-state index contributed by atoms with van der Waals surface area (Å²) in [5, 5.41) is 10.0. The summed E-state index contributed by atoms with van der Waals surface area (Å²) in [6.45, 7) is 7.87. The lowest BCUT2D eigenvalue weighted by Gasteiger charge is -2.45. The number of piperidine rings is 1. The number of sulfone groups is 1. The van der Waals surface area contributed by atoms with Crippen LogP contribution >= 0.6 is 0 Å². The van der Waals surface area contributed by atoms with Crippen molar-refractivity contribution in [3.05, 3.63) is 24.3 Å². The van der Waals surface area contributed by atoms with Crippen molar-refractivity contribution >= 4 is 21.7 Å². The van der Waals surface area contributed by atoms with Crippen molar-refractivity contribution in [2.75, 3.05) is 38.7 Å². The Labute approximate surface area is 206 Å². The maximum absolute atomic E-state index is 13.2. The second kappa shape index (κ2) is 10.2. The smallest absolute Gasteiger partial charge is 0.310 e. The first-order chi connectivity index (χ1) is 16.3. The normalized spacial score (nSPS) is 20.9. The van der Waals surface area contributed by atoms with Gasteiger partial charge in [-0.15, -0.1) is 5.92 Å². The van der Waals surface area contributed by atoms with Crippen molar-refractivity contribution in [1.82, 2.24) is 4.90 Å². The van der Waals surface area contributed by atoms with Gasteiger partial charge in [0.1, 0.15) is 12.4 Å². The van der Waals surface area contributed by atoms with Crippen LogP contribution in [0, 0.1) is 22.7 Å². The van der Waals surface area contributed by atoms with E-state index in [1.165, 1.54) is 24.3 Å². The first kappa shape index (κ1) is 27.0. The maximum atomic E-state index is 13.2. The average Bonchev–Trinajstić information content (AvgIpc) is 2.81. The quantitative estimate of drug-likeness (QED) is 0.559. The number of carbonyl (C=O) groups is 2. The molecule has 1 amide bonds. The van der Waals surface area contributed by atoms with E-state index < -0.39 is 38.2 Å². The molecule has 2 heterocycles. The molecule has 3 rings (SSSR count). The van der Waals surface area contributed by atoms with Crippen LogP contribution < -0.4 is 4.74 Å². The molecule has 1 aromatic carbocycles. The van der Waals surface area contributed by atoms with E-state index in [0.717, 1.165) is 0 Å². The molecule has 0 aromatic heterocycles. The summed E-state index contributed by atoms with van der Waals surface area (Å²) in [4.78, 5) is 27.1.